The van der Waals surface area contributed by atoms with Crippen molar-refractivity contribution in [1.29, 1.82) is 0 Å². The number of anilines is 1. The van der Waals surface area contributed by atoms with Crippen molar-refractivity contribution in [3.63, 3.8) is 0 Å². The molecule has 0 aromatic heterocycles. The molecule has 1 amide bonds. The third-order valence-electron chi connectivity index (χ3n) is 5.45. The summed E-state index contributed by atoms with van der Waals surface area (Å²) in [7, 11) is 0.0143. The molecular formula is C24H22FNO4S. The fourth-order valence-corrected chi connectivity index (χ4v) is 5.01. The standard InChI is InChI=1S/C24H22FNO4S/c1-30-19-11-7-16(8-12-19)23-22(24(28)26(23)18-5-3-2-4-6-18)21(27)15-31(29)20-13-9-17(25)10-14-20/h2-14,21-23,27H,15H2,1H3/t21-,22?,23?,31?/m1/s1. The molecule has 4 rings (SSSR count). The molecule has 0 radical (unpaired) electrons. The van der Waals surface area contributed by atoms with Crippen molar-refractivity contribution in [1.82, 2.24) is 0 Å². The summed E-state index contributed by atoms with van der Waals surface area (Å²) in [6, 6.07) is 21.5. The van der Waals surface area contributed by atoms with E-state index in [1.54, 1.807) is 24.1 Å². The van der Waals surface area contributed by atoms with Gasteiger partial charge in [-0.3, -0.25) is 9.00 Å². The molecular weight excluding hydrogens is 417 g/mol. The number of ether oxygens (including phenoxy) is 1. The summed E-state index contributed by atoms with van der Waals surface area (Å²) in [6.45, 7) is 0. The number of nitrogens with zero attached hydrogens (tertiary/aromatic N) is 1. The number of carbonyl (C=O) groups is 1. The number of hydrogen-bond acceptors (Lipinski definition) is 4. The van der Waals surface area contributed by atoms with Gasteiger partial charge in [-0.05, 0) is 54.1 Å². The lowest BCUT2D eigenvalue weighted by Gasteiger charge is -2.49. The molecule has 4 atom stereocenters. The van der Waals surface area contributed by atoms with E-state index < -0.39 is 34.7 Å². The van der Waals surface area contributed by atoms with E-state index in [1.807, 2.05) is 42.5 Å². The topological polar surface area (TPSA) is 66.8 Å². The number of halogens is 1. The van der Waals surface area contributed by atoms with Gasteiger partial charge in [0.1, 0.15) is 11.6 Å². The SMILES string of the molecule is COc1ccc(C2C([C@H](O)CS(=O)c3ccc(F)cc3)C(=O)N2c2ccccc2)cc1. The molecule has 5 nitrogen and oxygen atoms in total. The highest BCUT2D eigenvalue weighted by atomic mass is 32.2. The van der Waals surface area contributed by atoms with Gasteiger partial charge in [-0.15, -0.1) is 0 Å². The van der Waals surface area contributed by atoms with Gasteiger partial charge in [-0.1, -0.05) is 30.3 Å². The van der Waals surface area contributed by atoms with Crippen LogP contribution >= 0.6 is 0 Å². The number of amides is 1. The Bertz CT molecular complexity index is 1070. The highest BCUT2D eigenvalue weighted by Gasteiger charge is 2.52. The van der Waals surface area contributed by atoms with Gasteiger partial charge in [0.05, 0.1) is 41.7 Å². The van der Waals surface area contributed by atoms with E-state index in [-0.39, 0.29) is 11.7 Å². The minimum atomic E-state index is -1.56. The van der Waals surface area contributed by atoms with E-state index in [0.29, 0.717) is 10.6 Å². The summed E-state index contributed by atoms with van der Waals surface area (Å²) in [6.07, 6.45) is -1.12. The Morgan fingerprint density at radius 3 is 2.29 bits per heavy atom. The Labute approximate surface area is 182 Å². The second-order valence-electron chi connectivity index (χ2n) is 7.32. The molecule has 7 heteroatoms. The van der Waals surface area contributed by atoms with Crippen molar-refractivity contribution in [3.8, 4) is 5.75 Å². The van der Waals surface area contributed by atoms with E-state index in [9.17, 15) is 18.5 Å². The molecule has 3 aromatic carbocycles. The Morgan fingerprint density at radius 1 is 1.03 bits per heavy atom. The number of para-hydroxylation sites is 1. The lowest BCUT2D eigenvalue weighted by molar-refractivity contribution is -0.135. The first-order valence-electron chi connectivity index (χ1n) is 9.83. The van der Waals surface area contributed by atoms with Crippen molar-refractivity contribution in [2.24, 2.45) is 5.92 Å². The minimum Gasteiger partial charge on any atom is -0.497 e. The zero-order valence-corrected chi connectivity index (χ0v) is 17.7. The molecule has 31 heavy (non-hydrogen) atoms. The van der Waals surface area contributed by atoms with Crippen LogP contribution in [-0.4, -0.2) is 34.2 Å². The molecule has 1 N–H and O–H groups in total. The first kappa shape index (κ1) is 21.2. The summed E-state index contributed by atoms with van der Waals surface area (Å²) >= 11 is 0. The Hall–Kier alpha value is -3.03. The van der Waals surface area contributed by atoms with Crippen LogP contribution in [0.4, 0.5) is 10.1 Å². The van der Waals surface area contributed by atoms with Crippen molar-refractivity contribution in [2.45, 2.75) is 17.0 Å². The summed E-state index contributed by atoms with van der Waals surface area (Å²) in [5.41, 5.74) is 1.58. The smallest absolute Gasteiger partial charge is 0.235 e. The van der Waals surface area contributed by atoms with Crippen LogP contribution in [0.3, 0.4) is 0 Å². The fraction of sp³-hybridized carbons (Fsp3) is 0.208. The predicted molar refractivity (Wildman–Crippen MR) is 117 cm³/mol. The lowest BCUT2D eigenvalue weighted by atomic mass is 9.78. The number of aliphatic hydroxyl groups excluding tert-OH is 1. The van der Waals surface area contributed by atoms with Crippen LogP contribution in [0.2, 0.25) is 0 Å². The van der Waals surface area contributed by atoms with E-state index in [4.69, 9.17) is 4.74 Å². The van der Waals surface area contributed by atoms with E-state index in [2.05, 4.69) is 0 Å². The number of hydrogen-bond donors (Lipinski definition) is 1. The maximum Gasteiger partial charge on any atom is 0.235 e. The molecule has 1 aliphatic rings. The molecule has 1 heterocycles. The highest BCUT2D eigenvalue weighted by molar-refractivity contribution is 7.85. The normalized spacial score (nSPS) is 20.1. The van der Waals surface area contributed by atoms with E-state index in [0.717, 1.165) is 11.3 Å². The summed E-state index contributed by atoms with van der Waals surface area (Å²) in [5.74, 6) is -0.811. The molecule has 0 spiro atoms. The molecule has 1 fully saturated rings. The van der Waals surface area contributed by atoms with Gasteiger partial charge in [0.15, 0.2) is 0 Å². The van der Waals surface area contributed by atoms with Gasteiger partial charge in [-0.2, -0.15) is 0 Å². The number of benzene rings is 3. The van der Waals surface area contributed by atoms with E-state index in [1.165, 1.54) is 24.3 Å². The molecule has 0 saturated carbocycles. The van der Waals surface area contributed by atoms with Crippen molar-refractivity contribution < 1.29 is 23.2 Å². The quantitative estimate of drug-likeness (QED) is 0.570. The maximum absolute atomic E-state index is 13.1. The van der Waals surface area contributed by atoms with Crippen molar-refractivity contribution in [2.75, 3.05) is 17.8 Å². The number of carbonyl (C=O) groups excluding carboxylic acids is 1. The molecule has 160 valence electrons. The van der Waals surface area contributed by atoms with Crippen molar-refractivity contribution >= 4 is 22.4 Å². The van der Waals surface area contributed by atoms with Gasteiger partial charge in [0, 0.05) is 10.6 Å². The first-order valence-corrected chi connectivity index (χ1v) is 11.2. The average molecular weight is 440 g/mol. The van der Waals surface area contributed by atoms with Gasteiger partial charge in [0.2, 0.25) is 5.91 Å². The summed E-state index contributed by atoms with van der Waals surface area (Å²) in [5, 5.41) is 10.9. The minimum absolute atomic E-state index is 0.114. The molecule has 0 bridgehead atoms. The predicted octanol–water partition coefficient (Wildman–Crippen LogP) is 3.71. The monoisotopic (exact) mass is 439 g/mol. The average Bonchev–Trinajstić information content (AvgIpc) is 2.78. The largest absolute Gasteiger partial charge is 0.497 e. The molecule has 0 aliphatic carbocycles. The lowest BCUT2D eigenvalue weighted by Crippen LogP contribution is -2.60. The van der Waals surface area contributed by atoms with Crippen LogP contribution in [0.5, 0.6) is 5.75 Å². The maximum atomic E-state index is 13.1. The van der Waals surface area contributed by atoms with Crippen LogP contribution in [0.15, 0.2) is 83.8 Å². The summed E-state index contributed by atoms with van der Waals surface area (Å²) in [4.78, 5) is 15.1. The molecule has 3 unspecified atom stereocenters. The Balaban J connectivity index is 1.60. The molecule has 3 aromatic rings. The van der Waals surface area contributed by atoms with Crippen LogP contribution in [0.25, 0.3) is 0 Å². The second-order valence-corrected chi connectivity index (χ2v) is 8.82. The van der Waals surface area contributed by atoms with Crippen molar-refractivity contribution in [3.05, 3.63) is 90.2 Å². The zero-order chi connectivity index (χ0) is 22.0. The van der Waals surface area contributed by atoms with Crippen LogP contribution < -0.4 is 9.64 Å². The molecule has 1 saturated heterocycles. The van der Waals surface area contributed by atoms with Crippen LogP contribution in [0.1, 0.15) is 11.6 Å². The van der Waals surface area contributed by atoms with Gasteiger partial charge >= 0.3 is 0 Å². The highest BCUT2D eigenvalue weighted by Crippen LogP contribution is 2.45. The third kappa shape index (κ3) is 4.24. The summed E-state index contributed by atoms with van der Waals surface area (Å²) < 4.78 is 31.0. The van der Waals surface area contributed by atoms with Gasteiger partial charge < -0.3 is 14.7 Å². The van der Waals surface area contributed by atoms with Crippen LogP contribution in [0, 0.1) is 11.7 Å². The second kappa shape index (κ2) is 8.99. The first-order chi connectivity index (χ1) is 15.0. The van der Waals surface area contributed by atoms with Gasteiger partial charge in [-0.25, -0.2) is 4.39 Å². The number of methoxy groups -OCH3 is 1. The zero-order valence-electron chi connectivity index (χ0n) is 16.9. The number of aliphatic hydroxyl groups is 1. The molecule has 1 aliphatic heterocycles. The number of rotatable bonds is 7. The Kier molecular flexibility index (Phi) is 6.15. The number of β-lactam (4-membered cyclic amide) rings is 1. The van der Waals surface area contributed by atoms with Gasteiger partial charge in [0.25, 0.3) is 0 Å². The fourth-order valence-electron chi connectivity index (χ4n) is 3.86. The van der Waals surface area contributed by atoms with E-state index >= 15 is 0 Å². The third-order valence-corrected chi connectivity index (χ3v) is 6.89. The Morgan fingerprint density at radius 2 is 1.68 bits per heavy atom. The van der Waals surface area contributed by atoms with Crippen LogP contribution in [-0.2, 0) is 15.6 Å².